The van der Waals surface area contributed by atoms with Gasteiger partial charge in [0, 0.05) is 5.38 Å². The Morgan fingerprint density at radius 3 is 3.11 bits per heavy atom. The van der Waals surface area contributed by atoms with E-state index in [1.54, 1.807) is 0 Å². The molecule has 0 aliphatic rings. The van der Waals surface area contributed by atoms with Crippen LogP contribution in [-0.4, -0.2) is 16.0 Å². The van der Waals surface area contributed by atoms with Gasteiger partial charge in [0.2, 0.25) is 0 Å². The molecule has 0 aromatic carbocycles. The summed E-state index contributed by atoms with van der Waals surface area (Å²) in [4.78, 5) is 3.90. The van der Waals surface area contributed by atoms with Gasteiger partial charge in [-0.15, -0.1) is 11.3 Å². The van der Waals surface area contributed by atoms with Crippen LogP contribution >= 0.6 is 23.1 Å². The molecular formula is C4H6N2OS2. The molecule has 0 radical (unpaired) electrons. The van der Waals surface area contributed by atoms with Crippen molar-refractivity contribution in [2.45, 2.75) is 5.03 Å². The van der Waals surface area contributed by atoms with E-state index in [4.69, 9.17) is 10.8 Å². The zero-order valence-corrected chi connectivity index (χ0v) is 6.21. The maximum Gasteiger partial charge on any atom is 0.181 e. The highest BCUT2D eigenvalue weighted by atomic mass is 32.2. The van der Waals surface area contributed by atoms with Gasteiger partial charge in [-0.1, -0.05) is 11.8 Å². The van der Waals surface area contributed by atoms with Crippen molar-refractivity contribution in [1.82, 2.24) is 4.98 Å². The minimum absolute atomic E-state index is 0.0587. The van der Waals surface area contributed by atoms with Crippen LogP contribution in [0.5, 0.6) is 0 Å². The van der Waals surface area contributed by atoms with Crippen LogP contribution in [0.3, 0.4) is 0 Å². The lowest BCUT2D eigenvalue weighted by molar-refractivity contribution is 0.375. The molecule has 9 heavy (non-hydrogen) atoms. The first kappa shape index (κ1) is 6.85. The largest absolute Gasteiger partial charge is 0.385 e. The fraction of sp³-hybridized carbons (Fsp3) is 0.250. The fourth-order valence-corrected chi connectivity index (χ4v) is 1.60. The molecule has 1 heterocycles. The molecule has 0 unspecified atom stereocenters. The average molecular weight is 162 g/mol. The first-order valence-electron chi connectivity index (χ1n) is 2.27. The van der Waals surface area contributed by atoms with Crippen molar-refractivity contribution in [2.75, 3.05) is 11.7 Å². The number of hydrogen-bond acceptors (Lipinski definition) is 5. The number of anilines is 1. The van der Waals surface area contributed by atoms with Gasteiger partial charge in [-0.05, 0) is 0 Å². The summed E-state index contributed by atoms with van der Waals surface area (Å²) in [5, 5.41) is 11.6. The molecule has 0 spiro atoms. The van der Waals surface area contributed by atoms with Gasteiger partial charge in [0.05, 0.1) is 5.94 Å². The predicted octanol–water partition coefficient (Wildman–Crippen LogP) is 0.767. The highest BCUT2D eigenvalue weighted by Gasteiger charge is 1.95. The second-order valence-corrected chi connectivity index (χ2v) is 3.15. The summed E-state index contributed by atoms with van der Waals surface area (Å²) in [6.45, 7) is 0. The van der Waals surface area contributed by atoms with Crippen LogP contribution in [-0.2, 0) is 0 Å². The van der Waals surface area contributed by atoms with Gasteiger partial charge in [-0.2, -0.15) is 0 Å². The summed E-state index contributed by atoms with van der Waals surface area (Å²) in [5.41, 5.74) is 5.32. The number of thiazole rings is 1. The molecule has 0 aliphatic carbocycles. The molecular weight excluding hydrogens is 156 g/mol. The Balaban J connectivity index is 2.61. The Hall–Kier alpha value is -0.260. The van der Waals surface area contributed by atoms with Crippen molar-refractivity contribution in [3.05, 3.63) is 5.38 Å². The normalized spacial score (nSPS) is 9.89. The van der Waals surface area contributed by atoms with Crippen LogP contribution in [0.1, 0.15) is 0 Å². The maximum absolute atomic E-state index is 8.42. The van der Waals surface area contributed by atoms with Gasteiger partial charge >= 0.3 is 0 Å². The minimum atomic E-state index is 0.0587. The van der Waals surface area contributed by atoms with E-state index in [0.717, 1.165) is 5.03 Å². The van der Waals surface area contributed by atoms with Gasteiger partial charge < -0.3 is 10.8 Å². The standard InChI is InChI=1S/C4H6N2OS2/c5-4-6-3(1-8-4)9-2-7/h1,7H,2H2,(H2,5,6). The third kappa shape index (κ3) is 1.85. The van der Waals surface area contributed by atoms with Crippen LogP contribution in [0, 0.1) is 0 Å². The van der Waals surface area contributed by atoms with Gasteiger partial charge in [-0.25, -0.2) is 4.98 Å². The van der Waals surface area contributed by atoms with E-state index >= 15 is 0 Å². The number of nitrogen functional groups attached to an aromatic ring is 1. The van der Waals surface area contributed by atoms with E-state index in [9.17, 15) is 0 Å². The van der Waals surface area contributed by atoms with Gasteiger partial charge in [0.1, 0.15) is 5.03 Å². The summed E-state index contributed by atoms with van der Waals surface area (Å²) < 4.78 is 0. The first-order valence-corrected chi connectivity index (χ1v) is 4.14. The third-order valence-corrected chi connectivity index (χ3v) is 2.17. The summed E-state index contributed by atoms with van der Waals surface area (Å²) in [7, 11) is 0. The number of nitrogens with two attached hydrogens (primary N) is 1. The molecule has 0 saturated heterocycles. The Bertz CT molecular complexity index is 188. The molecule has 50 valence electrons. The number of aromatic nitrogens is 1. The molecule has 3 nitrogen and oxygen atoms in total. The number of aliphatic hydroxyl groups is 1. The number of hydrogen-bond donors (Lipinski definition) is 2. The van der Waals surface area contributed by atoms with E-state index < -0.39 is 0 Å². The quantitative estimate of drug-likeness (QED) is 0.498. The summed E-state index contributed by atoms with van der Waals surface area (Å²) >= 11 is 2.65. The highest BCUT2D eigenvalue weighted by molar-refractivity contribution is 7.99. The van der Waals surface area contributed by atoms with Crippen molar-refractivity contribution in [1.29, 1.82) is 0 Å². The highest BCUT2D eigenvalue weighted by Crippen LogP contribution is 2.20. The lowest BCUT2D eigenvalue weighted by Crippen LogP contribution is -1.81. The lowest BCUT2D eigenvalue weighted by Gasteiger charge is -1.85. The molecule has 0 atom stereocenters. The van der Waals surface area contributed by atoms with Crippen LogP contribution in [0.25, 0.3) is 0 Å². The summed E-state index contributed by atoms with van der Waals surface area (Å²) in [6, 6.07) is 0. The molecule has 1 aromatic heterocycles. The van der Waals surface area contributed by atoms with E-state index in [2.05, 4.69) is 4.98 Å². The van der Waals surface area contributed by atoms with Crippen LogP contribution in [0.4, 0.5) is 5.13 Å². The molecule has 0 fully saturated rings. The molecule has 1 aromatic rings. The van der Waals surface area contributed by atoms with E-state index in [-0.39, 0.29) is 5.94 Å². The Morgan fingerprint density at radius 2 is 2.67 bits per heavy atom. The number of thioether (sulfide) groups is 1. The fourth-order valence-electron chi connectivity index (χ4n) is 0.405. The van der Waals surface area contributed by atoms with Gasteiger partial charge in [0.25, 0.3) is 0 Å². The second-order valence-electron chi connectivity index (χ2n) is 1.30. The molecule has 5 heteroatoms. The summed E-state index contributed by atoms with van der Waals surface area (Å²) in [6.07, 6.45) is 0. The summed E-state index contributed by atoms with van der Waals surface area (Å²) in [5.74, 6) is 0.0587. The third-order valence-electron chi connectivity index (χ3n) is 0.713. The SMILES string of the molecule is Nc1nc(SCO)cs1. The molecule has 0 amide bonds. The smallest absolute Gasteiger partial charge is 0.181 e. The Labute approximate surface area is 60.9 Å². The number of aliphatic hydroxyl groups excluding tert-OH is 1. The lowest BCUT2D eigenvalue weighted by atomic mass is 11.0. The zero-order valence-electron chi connectivity index (χ0n) is 4.57. The molecule has 0 aliphatic heterocycles. The topological polar surface area (TPSA) is 59.1 Å². The zero-order chi connectivity index (χ0) is 6.69. The Kier molecular flexibility index (Phi) is 2.32. The van der Waals surface area contributed by atoms with Crippen LogP contribution < -0.4 is 5.73 Å². The van der Waals surface area contributed by atoms with E-state index in [0.29, 0.717) is 5.13 Å². The number of nitrogens with zero attached hydrogens (tertiary/aromatic N) is 1. The van der Waals surface area contributed by atoms with Gasteiger partial charge in [-0.3, -0.25) is 0 Å². The minimum Gasteiger partial charge on any atom is -0.385 e. The van der Waals surface area contributed by atoms with Crippen LogP contribution in [0.15, 0.2) is 10.4 Å². The van der Waals surface area contributed by atoms with Gasteiger partial charge in [0.15, 0.2) is 5.13 Å². The molecule has 3 N–H and O–H groups in total. The van der Waals surface area contributed by atoms with E-state index in [1.165, 1.54) is 23.1 Å². The predicted molar refractivity (Wildman–Crippen MR) is 39.5 cm³/mol. The first-order chi connectivity index (χ1) is 4.33. The second kappa shape index (κ2) is 3.05. The molecule has 0 saturated carbocycles. The maximum atomic E-state index is 8.42. The monoisotopic (exact) mass is 162 g/mol. The van der Waals surface area contributed by atoms with Crippen LogP contribution in [0.2, 0.25) is 0 Å². The number of rotatable bonds is 2. The molecule has 0 bridgehead atoms. The Morgan fingerprint density at radius 1 is 1.89 bits per heavy atom. The van der Waals surface area contributed by atoms with Crippen molar-refractivity contribution in [2.24, 2.45) is 0 Å². The van der Waals surface area contributed by atoms with Crippen molar-refractivity contribution in [3.8, 4) is 0 Å². The van der Waals surface area contributed by atoms with Crippen molar-refractivity contribution >= 4 is 28.2 Å². The molecule has 1 rings (SSSR count). The van der Waals surface area contributed by atoms with Crippen molar-refractivity contribution in [3.63, 3.8) is 0 Å². The van der Waals surface area contributed by atoms with E-state index in [1.807, 2.05) is 5.38 Å². The van der Waals surface area contributed by atoms with Crippen molar-refractivity contribution < 1.29 is 5.11 Å². The average Bonchev–Trinajstić information content (AvgIpc) is 2.17.